The van der Waals surface area contributed by atoms with Gasteiger partial charge >= 0.3 is 0 Å². The van der Waals surface area contributed by atoms with Gasteiger partial charge in [-0.15, -0.1) is 0 Å². The van der Waals surface area contributed by atoms with Crippen LogP contribution in [-0.2, 0) is 4.79 Å². The summed E-state index contributed by atoms with van der Waals surface area (Å²) < 4.78 is 0. The van der Waals surface area contributed by atoms with Crippen LogP contribution in [0.25, 0.3) is 0 Å². The Kier molecular flexibility index (Phi) is 7.09. The third kappa shape index (κ3) is 6.06. The first kappa shape index (κ1) is 16.5. The van der Waals surface area contributed by atoms with Crippen molar-refractivity contribution in [3.8, 4) is 0 Å². The second-order valence-electron chi connectivity index (χ2n) is 5.38. The van der Waals surface area contributed by atoms with Crippen LogP contribution in [0.1, 0.15) is 38.2 Å². The average Bonchev–Trinajstić information content (AvgIpc) is 2.40. The van der Waals surface area contributed by atoms with Gasteiger partial charge in [0.2, 0.25) is 5.91 Å². The number of rotatable bonds is 8. The third-order valence-electron chi connectivity index (χ3n) is 3.37. The molecule has 0 atom stereocenters. The molecule has 20 heavy (non-hydrogen) atoms. The van der Waals surface area contributed by atoms with Crippen molar-refractivity contribution in [3.63, 3.8) is 0 Å². The summed E-state index contributed by atoms with van der Waals surface area (Å²) in [5, 5.41) is 2.93. The Morgan fingerprint density at radius 3 is 2.70 bits per heavy atom. The molecule has 0 bridgehead atoms. The number of carbonyl (C=O) groups is 1. The zero-order valence-electron chi connectivity index (χ0n) is 12.9. The summed E-state index contributed by atoms with van der Waals surface area (Å²) in [5.41, 5.74) is 8.25. The zero-order valence-corrected chi connectivity index (χ0v) is 12.9. The first-order valence-electron chi connectivity index (χ1n) is 7.37. The van der Waals surface area contributed by atoms with Gasteiger partial charge in [0.15, 0.2) is 0 Å². The topological polar surface area (TPSA) is 58.4 Å². The largest absolute Gasteiger partial charge is 0.399 e. The van der Waals surface area contributed by atoms with Crippen molar-refractivity contribution in [1.29, 1.82) is 0 Å². The first-order valence-corrected chi connectivity index (χ1v) is 7.37. The van der Waals surface area contributed by atoms with Crippen molar-refractivity contribution in [2.45, 2.75) is 39.5 Å². The number of nitrogens with two attached hydrogens (primary N) is 1. The minimum atomic E-state index is 0.0580. The van der Waals surface area contributed by atoms with Gasteiger partial charge in [-0.05, 0) is 57.6 Å². The molecule has 1 rings (SSSR count). The van der Waals surface area contributed by atoms with Crippen LogP contribution in [0, 0.1) is 6.92 Å². The highest BCUT2D eigenvalue weighted by molar-refractivity contribution is 5.91. The molecule has 0 saturated heterocycles. The maximum absolute atomic E-state index is 11.9. The van der Waals surface area contributed by atoms with Crippen molar-refractivity contribution >= 4 is 17.3 Å². The number of nitrogens with zero attached hydrogens (tertiary/aromatic N) is 1. The molecule has 1 aromatic rings. The van der Waals surface area contributed by atoms with Crippen LogP contribution in [0.2, 0.25) is 0 Å². The summed E-state index contributed by atoms with van der Waals surface area (Å²) in [4.78, 5) is 14.2. The zero-order chi connectivity index (χ0) is 15.0. The fraction of sp³-hybridized carbons (Fsp3) is 0.562. The molecule has 0 aliphatic rings. The molecule has 1 aromatic carbocycles. The maximum Gasteiger partial charge on any atom is 0.224 e. The van der Waals surface area contributed by atoms with E-state index in [1.54, 1.807) is 6.07 Å². The van der Waals surface area contributed by atoms with Crippen LogP contribution in [-0.4, -0.2) is 30.9 Å². The molecule has 4 nitrogen and oxygen atoms in total. The summed E-state index contributed by atoms with van der Waals surface area (Å²) in [7, 11) is 2.11. The van der Waals surface area contributed by atoms with Gasteiger partial charge in [0.1, 0.15) is 0 Å². The monoisotopic (exact) mass is 277 g/mol. The van der Waals surface area contributed by atoms with E-state index in [4.69, 9.17) is 5.73 Å². The number of nitrogen functional groups attached to an aromatic ring is 1. The molecule has 4 heteroatoms. The lowest BCUT2D eigenvalue weighted by atomic mass is 10.1. The SMILES string of the molecule is CCCCN(C)CCCC(=O)Nc1cc(N)ccc1C. The van der Waals surface area contributed by atoms with Crippen molar-refractivity contribution < 1.29 is 4.79 Å². The Labute approximate surface area is 122 Å². The van der Waals surface area contributed by atoms with Gasteiger partial charge in [0, 0.05) is 17.8 Å². The fourth-order valence-corrected chi connectivity index (χ4v) is 2.04. The van der Waals surface area contributed by atoms with E-state index >= 15 is 0 Å². The number of nitrogens with one attached hydrogen (secondary N) is 1. The second kappa shape index (κ2) is 8.59. The molecule has 0 radical (unpaired) electrons. The molecule has 1 amide bonds. The number of hydrogen-bond acceptors (Lipinski definition) is 3. The molecule has 0 aromatic heterocycles. The molecule has 0 spiro atoms. The Bertz CT molecular complexity index is 432. The van der Waals surface area contributed by atoms with Crippen LogP contribution in [0.15, 0.2) is 18.2 Å². The van der Waals surface area contributed by atoms with Gasteiger partial charge in [-0.25, -0.2) is 0 Å². The molecule has 0 aliphatic heterocycles. The minimum absolute atomic E-state index is 0.0580. The number of carbonyl (C=O) groups excluding carboxylic acids is 1. The molecule has 0 aliphatic carbocycles. The quantitative estimate of drug-likeness (QED) is 0.718. The lowest BCUT2D eigenvalue weighted by molar-refractivity contribution is -0.116. The predicted octanol–water partition coefficient (Wildman–Crippen LogP) is 3.03. The molecule has 0 heterocycles. The average molecular weight is 277 g/mol. The number of unbranched alkanes of at least 4 members (excludes halogenated alkanes) is 1. The number of benzene rings is 1. The third-order valence-corrected chi connectivity index (χ3v) is 3.37. The lowest BCUT2D eigenvalue weighted by Crippen LogP contribution is -2.22. The predicted molar refractivity (Wildman–Crippen MR) is 85.9 cm³/mol. The van der Waals surface area contributed by atoms with E-state index in [0.29, 0.717) is 12.1 Å². The van der Waals surface area contributed by atoms with Crippen LogP contribution in [0.5, 0.6) is 0 Å². The second-order valence-corrected chi connectivity index (χ2v) is 5.38. The molecule has 112 valence electrons. The van der Waals surface area contributed by atoms with Gasteiger partial charge in [0.05, 0.1) is 0 Å². The van der Waals surface area contributed by atoms with Crippen molar-refractivity contribution in [3.05, 3.63) is 23.8 Å². The molecule has 3 N–H and O–H groups in total. The van der Waals surface area contributed by atoms with Gasteiger partial charge in [-0.1, -0.05) is 19.4 Å². The van der Waals surface area contributed by atoms with Crippen LogP contribution in [0.4, 0.5) is 11.4 Å². The first-order chi connectivity index (χ1) is 9.52. The highest BCUT2D eigenvalue weighted by Gasteiger charge is 2.06. The van der Waals surface area contributed by atoms with E-state index in [9.17, 15) is 4.79 Å². The van der Waals surface area contributed by atoms with E-state index in [1.165, 1.54) is 12.8 Å². The molecule has 0 unspecified atom stereocenters. The summed E-state index contributed by atoms with van der Waals surface area (Å²) >= 11 is 0. The normalized spacial score (nSPS) is 10.8. The fourth-order valence-electron chi connectivity index (χ4n) is 2.04. The Morgan fingerprint density at radius 2 is 2.00 bits per heavy atom. The lowest BCUT2D eigenvalue weighted by Gasteiger charge is -2.15. The summed E-state index contributed by atoms with van der Waals surface area (Å²) in [5.74, 6) is 0.0580. The number of amides is 1. The highest BCUT2D eigenvalue weighted by atomic mass is 16.1. The van der Waals surface area contributed by atoms with Crippen LogP contribution >= 0.6 is 0 Å². The van der Waals surface area contributed by atoms with Crippen molar-refractivity contribution in [2.75, 3.05) is 31.2 Å². The molecule has 0 saturated carbocycles. The number of hydrogen-bond donors (Lipinski definition) is 2. The Balaban J connectivity index is 2.31. The van der Waals surface area contributed by atoms with Gasteiger partial charge < -0.3 is 16.0 Å². The molecule has 0 fully saturated rings. The summed E-state index contributed by atoms with van der Waals surface area (Å²) in [6, 6.07) is 5.57. The van der Waals surface area contributed by atoms with E-state index in [-0.39, 0.29) is 5.91 Å². The van der Waals surface area contributed by atoms with E-state index < -0.39 is 0 Å². The van der Waals surface area contributed by atoms with E-state index in [1.807, 2.05) is 19.1 Å². The van der Waals surface area contributed by atoms with E-state index in [2.05, 4.69) is 24.2 Å². The summed E-state index contributed by atoms with van der Waals surface area (Å²) in [6.07, 6.45) is 3.85. The number of anilines is 2. The van der Waals surface area contributed by atoms with Gasteiger partial charge in [-0.2, -0.15) is 0 Å². The van der Waals surface area contributed by atoms with E-state index in [0.717, 1.165) is 30.8 Å². The summed E-state index contributed by atoms with van der Waals surface area (Å²) in [6.45, 7) is 6.22. The van der Waals surface area contributed by atoms with Gasteiger partial charge in [0.25, 0.3) is 0 Å². The smallest absolute Gasteiger partial charge is 0.224 e. The van der Waals surface area contributed by atoms with Gasteiger partial charge in [-0.3, -0.25) is 4.79 Å². The molecular formula is C16H27N3O. The molecular weight excluding hydrogens is 250 g/mol. The van der Waals surface area contributed by atoms with Crippen LogP contribution < -0.4 is 11.1 Å². The van der Waals surface area contributed by atoms with Crippen molar-refractivity contribution in [2.24, 2.45) is 0 Å². The Morgan fingerprint density at radius 1 is 1.30 bits per heavy atom. The Hall–Kier alpha value is -1.55. The maximum atomic E-state index is 11.9. The minimum Gasteiger partial charge on any atom is -0.399 e. The van der Waals surface area contributed by atoms with Crippen molar-refractivity contribution in [1.82, 2.24) is 4.90 Å². The standard InChI is InChI=1S/C16H27N3O/c1-4-5-10-19(3)11-6-7-16(20)18-15-12-14(17)9-8-13(15)2/h8-9,12H,4-7,10-11,17H2,1-3H3,(H,18,20). The number of aryl methyl sites for hydroxylation is 1. The van der Waals surface area contributed by atoms with Crippen LogP contribution in [0.3, 0.4) is 0 Å². The highest BCUT2D eigenvalue weighted by Crippen LogP contribution is 2.18.